The van der Waals surface area contributed by atoms with Crippen LogP contribution in [0.15, 0.2) is 30.3 Å². The Morgan fingerprint density at radius 2 is 1.71 bits per heavy atom. The lowest BCUT2D eigenvalue weighted by molar-refractivity contribution is 0.318. The first kappa shape index (κ1) is 13.5. The molecule has 0 fully saturated rings. The molecule has 0 spiro atoms. The van der Waals surface area contributed by atoms with Crippen LogP contribution >= 0.6 is 8.38 Å². The number of hydrogen-bond donors (Lipinski definition) is 2. The van der Waals surface area contributed by atoms with E-state index in [1.165, 1.54) is 0 Å². The van der Waals surface area contributed by atoms with Crippen molar-refractivity contribution in [3.8, 4) is 0 Å². The quantitative estimate of drug-likeness (QED) is 0.755. The van der Waals surface area contributed by atoms with Crippen LogP contribution in [-0.2, 0) is 4.52 Å². The Morgan fingerprint density at radius 1 is 1.21 bits per heavy atom. The summed E-state index contributed by atoms with van der Waals surface area (Å²) in [6.45, 7) is 4.35. The highest BCUT2D eigenvalue weighted by Crippen LogP contribution is 2.29. The highest BCUT2D eigenvalue weighted by Gasteiger charge is 2.05. The average molecular weight is 216 g/mol. The molecular weight excluding hydrogens is 199 g/mol. The van der Waals surface area contributed by atoms with Gasteiger partial charge in [-0.3, -0.25) is 0 Å². The second-order valence-electron chi connectivity index (χ2n) is 2.34. The molecule has 4 heteroatoms. The van der Waals surface area contributed by atoms with Crippen LogP contribution in [0.5, 0.6) is 0 Å². The first-order valence-electron chi connectivity index (χ1n) is 4.54. The Bertz CT molecular complexity index is 216. The molecule has 0 aromatic heterocycles. The molecule has 1 unspecified atom stereocenters. The van der Waals surface area contributed by atoms with Gasteiger partial charge in [0.05, 0.1) is 6.61 Å². The van der Waals surface area contributed by atoms with Crippen LogP contribution in [0, 0.1) is 0 Å². The molecule has 1 atom stereocenters. The van der Waals surface area contributed by atoms with Crippen molar-refractivity contribution >= 4 is 13.7 Å². The zero-order valence-electron chi connectivity index (χ0n) is 8.55. The predicted molar refractivity (Wildman–Crippen MR) is 59.6 cm³/mol. The Balaban J connectivity index is 0.000000500. The number of aliphatic hydroxyl groups is 1. The summed E-state index contributed by atoms with van der Waals surface area (Å²) in [5.41, 5.74) is 0. The molecule has 0 aliphatic rings. The average Bonchev–Trinajstić information content (AvgIpc) is 2.21. The summed E-state index contributed by atoms with van der Waals surface area (Å²) in [6, 6.07) is 9.42. The molecule has 14 heavy (non-hydrogen) atoms. The number of rotatable bonds is 3. The largest absolute Gasteiger partial charge is 0.397 e. The predicted octanol–water partition coefficient (Wildman–Crippen LogP) is 1.65. The summed E-state index contributed by atoms with van der Waals surface area (Å²) in [5.74, 6) is 0. The van der Waals surface area contributed by atoms with E-state index in [2.05, 4.69) is 0 Å². The van der Waals surface area contributed by atoms with E-state index in [0.717, 1.165) is 5.30 Å². The molecule has 0 saturated carbocycles. The fourth-order valence-electron chi connectivity index (χ4n) is 0.752. The van der Waals surface area contributed by atoms with Gasteiger partial charge in [0.25, 0.3) is 0 Å². The molecule has 1 rings (SSSR count). The van der Waals surface area contributed by atoms with Crippen LogP contribution in [0.2, 0.25) is 0 Å². The topological polar surface area (TPSA) is 49.7 Å². The van der Waals surface area contributed by atoms with E-state index in [9.17, 15) is 4.89 Å². The molecule has 0 saturated heterocycles. The minimum atomic E-state index is -1.38. The van der Waals surface area contributed by atoms with Gasteiger partial charge < -0.3 is 14.5 Å². The zero-order valence-corrected chi connectivity index (χ0v) is 9.45. The second kappa shape index (κ2) is 9.10. The van der Waals surface area contributed by atoms with E-state index in [4.69, 9.17) is 9.63 Å². The van der Waals surface area contributed by atoms with Crippen molar-refractivity contribution in [3.05, 3.63) is 30.3 Å². The van der Waals surface area contributed by atoms with Crippen LogP contribution in [-0.4, -0.2) is 23.2 Å². The van der Waals surface area contributed by atoms with Gasteiger partial charge >= 0.3 is 0 Å². The molecule has 2 N–H and O–H groups in total. The van der Waals surface area contributed by atoms with Gasteiger partial charge in [-0.25, -0.2) is 0 Å². The Labute approximate surface area is 86.3 Å². The standard InChI is InChI=1S/C8H11O2P.C2H6O/c1-2-10-11(9)8-6-4-3-5-7-8;1-2-3/h3-7,9H,2H2,1H3;3H,2H2,1H3. The lowest BCUT2D eigenvalue weighted by Gasteiger charge is -2.07. The van der Waals surface area contributed by atoms with E-state index in [1.54, 1.807) is 6.92 Å². The van der Waals surface area contributed by atoms with Crippen LogP contribution in [0.1, 0.15) is 13.8 Å². The van der Waals surface area contributed by atoms with Gasteiger partial charge in [0.2, 0.25) is 8.38 Å². The molecule has 0 bridgehead atoms. The normalized spacial score (nSPS) is 11.4. The fourth-order valence-corrected chi connectivity index (χ4v) is 1.57. The molecule has 3 nitrogen and oxygen atoms in total. The zero-order chi connectivity index (χ0) is 10.8. The smallest absolute Gasteiger partial charge is 0.202 e. The summed E-state index contributed by atoms with van der Waals surface area (Å²) >= 11 is 0. The summed E-state index contributed by atoms with van der Waals surface area (Å²) < 4.78 is 5.05. The lowest BCUT2D eigenvalue weighted by Crippen LogP contribution is -2.00. The van der Waals surface area contributed by atoms with E-state index < -0.39 is 8.38 Å². The molecule has 0 amide bonds. The van der Waals surface area contributed by atoms with E-state index in [-0.39, 0.29) is 6.61 Å². The maximum absolute atomic E-state index is 9.36. The third kappa shape index (κ3) is 6.06. The molecule has 80 valence electrons. The molecule has 1 aromatic carbocycles. The van der Waals surface area contributed by atoms with Crippen molar-refractivity contribution in [1.29, 1.82) is 0 Å². The van der Waals surface area contributed by atoms with Crippen molar-refractivity contribution in [3.63, 3.8) is 0 Å². The van der Waals surface area contributed by atoms with Crippen LogP contribution < -0.4 is 5.30 Å². The van der Waals surface area contributed by atoms with Crippen molar-refractivity contribution in [2.24, 2.45) is 0 Å². The SMILES string of the molecule is CCO.CCOP(O)c1ccccc1. The third-order valence-electron chi connectivity index (χ3n) is 1.23. The summed E-state index contributed by atoms with van der Waals surface area (Å²) in [7, 11) is -1.38. The van der Waals surface area contributed by atoms with Crippen molar-refractivity contribution in [1.82, 2.24) is 0 Å². The van der Waals surface area contributed by atoms with Crippen LogP contribution in [0.4, 0.5) is 0 Å². The minimum Gasteiger partial charge on any atom is -0.397 e. The Kier molecular flexibility index (Phi) is 8.79. The van der Waals surface area contributed by atoms with Gasteiger partial charge in [-0.2, -0.15) is 0 Å². The van der Waals surface area contributed by atoms with E-state index in [0.29, 0.717) is 6.61 Å². The monoisotopic (exact) mass is 216 g/mol. The number of aliphatic hydroxyl groups excluding tert-OH is 1. The maximum Gasteiger partial charge on any atom is 0.202 e. The molecule has 0 aliphatic carbocycles. The van der Waals surface area contributed by atoms with Crippen molar-refractivity contribution in [2.45, 2.75) is 13.8 Å². The van der Waals surface area contributed by atoms with Gasteiger partial charge in [-0.05, 0) is 26.0 Å². The molecule has 0 aliphatic heterocycles. The van der Waals surface area contributed by atoms with Crippen molar-refractivity contribution in [2.75, 3.05) is 13.2 Å². The van der Waals surface area contributed by atoms with Gasteiger partial charge in [0.1, 0.15) is 0 Å². The Morgan fingerprint density at radius 3 is 2.14 bits per heavy atom. The van der Waals surface area contributed by atoms with Gasteiger partial charge in [-0.1, -0.05) is 18.2 Å². The fraction of sp³-hybridized carbons (Fsp3) is 0.400. The summed E-state index contributed by atoms with van der Waals surface area (Å²) in [6.07, 6.45) is 0. The first-order valence-corrected chi connectivity index (χ1v) is 5.75. The summed E-state index contributed by atoms with van der Waals surface area (Å²) in [4.78, 5) is 9.36. The van der Waals surface area contributed by atoms with E-state index >= 15 is 0 Å². The maximum atomic E-state index is 9.36. The molecule has 1 aromatic rings. The van der Waals surface area contributed by atoms with Gasteiger partial charge in [-0.15, -0.1) is 0 Å². The highest BCUT2D eigenvalue weighted by atomic mass is 31.2. The minimum absolute atomic E-state index is 0.250. The van der Waals surface area contributed by atoms with Gasteiger partial charge in [0, 0.05) is 11.9 Å². The Hall–Kier alpha value is -0.470. The third-order valence-corrected chi connectivity index (χ3v) is 2.47. The van der Waals surface area contributed by atoms with Crippen LogP contribution in [0.3, 0.4) is 0 Å². The number of benzene rings is 1. The van der Waals surface area contributed by atoms with Crippen LogP contribution in [0.25, 0.3) is 0 Å². The lowest BCUT2D eigenvalue weighted by atomic mass is 10.4. The first-order chi connectivity index (χ1) is 6.76. The molecular formula is C10H17O3P. The number of hydrogen-bond acceptors (Lipinski definition) is 3. The second-order valence-corrected chi connectivity index (χ2v) is 3.66. The van der Waals surface area contributed by atoms with E-state index in [1.807, 2.05) is 37.3 Å². The highest BCUT2D eigenvalue weighted by molar-refractivity contribution is 7.55. The van der Waals surface area contributed by atoms with Gasteiger partial charge in [0.15, 0.2) is 0 Å². The summed E-state index contributed by atoms with van der Waals surface area (Å²) in [5, 5.41) is 8.43. The molecule has 0 radical (unpaired) electrons. The van der Waals surface area contributed by atoms with Crippen molar-refractivity contribution < 1.29 is 14.5 Å². The molecule has 0 heterocycles.